The van der Waals surface area contributed by atoms with Crippen molar-refractivity contribution in [3.05, 3.63) is 52.4 Å². The van der Waals surface area contributed by atoms with Crippen LogP contribution in [0.1, 0.15) is 16.1 Å². The molecule has 0 saturated heterocycles. The Morgan fingerprint density at radius 3 is 2.83 bits per heavy atom. The lowest BCUT2D eigenvalue weighted by atomic mass is 10.2. The second kappa shape index (κ2) is 5.73. The molecule has 0 aliphatic carbocycles. The maximum atomic E-state index is 10.8. The largest absolute Gasteiger partial charge is 0.478 e. The molecule has 18 heavy (non-hydrogen) atoms. The van der Waals surface area contributed by atoms with Crippen LogP contribution in [-0.4, -0.2) is 17.6 Å². The van der Waals surface area contributed by atoms with E-state index in [0.29, 0.717) is 4.47 Å². The Bertz CT molecular complexity index is 537. The lowest BCUT2D eigenvalue weighted by Gasteiger charge is -2.07. The van der Waals surface area contributed by atoms with Crippen molar-refractivity contribution in [1.29, 1.82) is 0 Å². The van der Waals surface area contributed by atoms with Gasteiger partial charge in [0, 0.05) is 23.1 Å². The average molecular weight is 310 g/mol. The fourth-order valence-electron chi connectivity index (χ4n) is 1.58. The first-order valence-electron chi connectivity index (χ1n) is 5.46. The predicted molar refractivity (Wildman–Crippen MR) is 72.0 cm³/mol. The Labute approximate surface area is 113 Å². The summed E-state index contributed by atoms with van der Waals surface area (Å²) in [5, 5.41) is 12.1. The summed E-state index contributed by atoms with van der Waals surface area (Å²) in [5.41, 5.74) is 1.13. The number of furan rings is 1. The molecule has 94 valence electrons. The Morgan fingerprint density at radius 1 is 1.39 bits per heavy atom. The topological polar surface area (TPSA) is 62.5 Å². The molecule has 5 heteroatoms. The van der Waals surface area contributed by atoms with Crippen molar-refractivity contribution in [3.8, 4) is 0 Å². The first kappa shape index (κ1) is 12.7. The molecule has 0 fully saturated rings. The highest BCUT2D eigenvalue weighted by Crippen LogP contribution is 2.21. The van der Waals surface area contributed by atoms with E-state index in [1.54, 1.807) is 24.5 Å². The van der Waals surface area contributed by atoms with Crippen LogP contribution in [0, 0.1) is 0 Å². The minimum absolute atomic E-state index is 0.256. The van der Waals surface area contributed by atoms with Gasteiger partial charge in [0.25, 0.3) is 0 Å². The summed E-state index contributed by atoms with van der Waals surface area (Å²) in [4.78, 5) is 10.8. The molecule has 0 aliphatic heterocycles. The molecule has 1 heterocycles. The number of benzene rings is 1. The van der Waals surface area contributed by atoms with E-state index >= 15 is 0 Å². The molecule has 0 atom stereocenters. The molecule has 0 saturated carbocycles. The minimum Gasteiger partial charge on any atom is -0.478 e. The van der Waals surface area contributed by atoms with Crippen LogP contribution in [0.5, 0.6) is 0 Å². The van der Waals surface area contributed by atoms with Crippen molar-refractivity contribution in [2.45, 2.75) is 6.42 Å². The lowest BCUT2D eigenvalue weighted by Crippen LogP contribution is -2.05. The summed E-state index contributed by atoms with van der Waals surface area (Å²) in [5.74, 6) is -0.0206. The summed E-state index contributed by atoms with van der Waals surface area (Å²) in [6.07, 6.45) is 2.43. The van der Waals surface area contributed by atoms with Gasteiger partial charge in [0.2, 0.25) is 0 Å². The maximum Gasteiger partial charge on any atom is 0.336 e. The number of carbonyl (C=O) groups is 1. The summed E-state index contributed by atoms with van der Waals surface area (Å²) in [7, 11) is 0. The molecule has 2 aromatic rings. The van der Waals surface area contributed by atoms with Crippen LogP contribution in [0.2, 0.25) is 0 Å². The second-order valence-electron chi connectivity index (χ2n) is 3.76. The fraction of sp³-hybridized carbons (Fsp3) is 0.154. The Morgan fingerprint density at radius 2 is 2.22 bits per heavy atom. The van der Waals surface area contributed by atoms with Crippen LogP contribution < -0.4 is 5.32 Å². The highest BCUT2D eigenvalue weighted by atomic mass is 79.9. The second-order valence-corrected chi connectivity index (χ2v) is 4.61. The van der Waals surface area contributed by atoms with E-state index in [2.05, 4.69) is 21.2 Å². The van der Waals surface area contributed by atoms with E-state index in [1.165, 1.54) is 0 Å². The number of nitrogens with one attached hydrogen (secondary N) is 1. The minimum atomic E-state index is -0.941. The smallest absolute Gasteiger partial charge is 0.336 e. The highest BCUT2D eigenvalue weighted by Gasteiger charge is 2.08. The van der Waals surface area contributed by atoms with Crippen LogP contribution in [0.25, 0.3) is 0 Å². The molecule has 2 N–H and O–H groups in total. The van der Waals surface area contributed by atoms with Crippen molar-refractivity contribution in [1.82, 2.24) is 0 Å². The SMILES string of the molecule is O=C(O)c1ccc(NCCc2ccco2)cc1Br. The van der Waals surface area contributed by atoms with Crippen molar-refractivity contribution >= 4 is 27.6 Å². The number of carboxylic acids is 1. The molecule has 0 amide bonds. The van der Waals surface area contributed by atoms with Gasteiger partial charge < -0.3 is 14.8 Å². The lowest BCUT2D eigenvalue weighted by molar-refractivity contribution is 0.0696. The molecule has 4 nitrogen and oxygen atoms in total. The molecule has 0 radical (unpaired) electrons. The summed E-state index contributed by atoms with van der Waals surface area (Å²) < 4.78 is 5.79. The molecule has 2 rings (SSSR count). The Kier molecular flexibility index (Phi) is 4.04. The van der Waals surface area contributed by atoms with Crippen molar-refractivity contribution in [3.63, 3.8) is 0 Å². The van der Waals surface area contributed by atoms with Gasteiger partial charge in [-0.15, -0.1) is 0 Å². The van der Waals surface area contributed by atoms with Crippen LogP contribution in [0.15, 0.2) is 45.5 Å². The van der Waals surface area contributed by atoms with Crippen LogP contribution in [0.3, 0.4) is 0 Å². The molecule has 0 spiro atoms. The zero-order valence-electron chi connectivity index (χ0n) is 9.52. The first-order chi connectivity index (χ1) is 8.66. The van der Waals surface area contributed by atoms with Crippen molar-refractivity contribution in [2.75, 3.05) is 11.9 Å². The number of halogens is 1. The van der Waals surface area contributed by atoms with Crippen LogP contribution in [0.4, 0.5) is 5.69 Å². The van der Waals surface area contributed by atoms with Gasteiger partial charge in [0.05, 0.1) is 11.8 Å². The fourth-order valence-corrected chi connectivity index (χ4v) is 2.13. The van der Waals surface area contributed by atoms with E-state index in [9.17, 15) is 4.79 Å². The van der Waals surface area contributed by atoms with Crippen molar-refractivity contribution < 1.29 is 14.3 Å². The molecular formula is C13H12BrNO3. The molecule has 0 aliphatic rings. The van der Waals surface area contributed by atoms with Crippen molar-refractivity contribution in [2.24, 2.45) is 0 Å². The van der Waals surface area contributed by atoms with E-state index < -0.39 is 5.97 Å². The number of anilines is 1. The van der Waals surface area contributed by atoms with Gasteiger partial charge in [0.1, 0.15) is 5.76 Å². The monoisotopic (exact) mass is 309 g/mol. The summed E-state index contributed by atoms with van der Waals surface area (Å²) in [6, 6.07) is 8.85. The van der Waals surface area contributed by atoms with Gasteiger partial charge in [-0.05, 0) is 46.3 Å². The highest BCUT2D eigenvalue weighted by molar-refractivity contribution is 9.10. The summed E-state index contributed by atoms with van der Waals surface area (Å²) in [6.45, 7) is 0.729. The maximum absolute atomic E-state index is 10.8. The standard InChI is InChI=1S/C13H12BrNO3/c14-12-8-9(3-4-11(12)13(16)17)15-6-5-10-2-1-7-18-10/h1-4,7-8,15H,5-6H2,(H,16,17). The summed E-state index contributed by atoms with van der Waals surface area (Å²) >= 11 is 3.24. The van der Waals surface area contributed by atoms with Gasteiger partial charge in [-0.1, -0.05) is 0 Å². The number of carboxylic acid groups (broad SMARTS) is 1. The zero-order chi connectivity index (χ0) is 13.0. The van der Waals surface area contributed by atoms with E-state index in [1.807, 2.05) is 12.1 Å². The van der Waals surface area contributed by atoms with E-state index in [-0.39, 0.29) is 5.56 Å². The number of rotatable bonds is 5. The van der Waals surface area contributed by atoms with Crippen LogP contribution >= 0.6 is 15.9 Å². The third-order valence-corrected chi connectivity index (χ3v) is 3.14. The molecule has 0 unspecified atom stereocenters. The van der Waals surface area contributed by atoms with E-state index in [0.717, 1.165) is 24.4 Å². The molecule has 0 bridgehead atoms. The van der Waals surface area contributed by atoms with Gasteiger partial charge in [-0.3, -0.25) is 0 Å². The van der Waals surface area contributed by atoms with E-state index in [4.69, 9.17) is 9.52 Å². The third-order valence-electron chi connectivity index (χ3n) is 2.48. The Balaban J connectivity index is 1.94. The van der Waals surface area contributed by atoms with Gasteiger partial charge in [0.15, 0.2) is 0 Å². The third kappa shape index (κ3) is 3.13. The zero-order valence-corrected chi connectivity index (χ0v) is 11.1. The quantitative estimate of drug-likeness (QED) is 0.888. The molecule has 1 aromatic heterocycles. The number of hydrogen-bond donors (Lipinski definition) is 2. The number of aromatic carboxylic acids is 1. The molecular weight excluding hydrogens is 298 g/mol. The number of hydrogen-bond acceptors (Lipinski definition) is 3. The van der Waals surface area contributed by atoms with Crippen LogP contribution in [-0.2, 0) is 6.42 Å². The Hall–Kier alpha value is -1.75. The van der Waals surface area contributed by atoms with Gasteiger partial charge in [-0.2, -0.15) is 0 Å². The normalized spacial score (nSPS) is 10.3. The molecule has 1 aromatic carbocycles. The van der Waals surface area contributed by atoms with Gasteiger partial charge in [-0.25, -0.2) is 4.79 Å². The average Bonchev–Trinajstić information content (AvgIpc) is 2.81. The van der Waals surface area contributed by atoms with Gasteiger partial charge >= 0.3 is 5.97 Å². The first-order valence-corrected chi connectivity index (χ1v) is 6.25. The predicted octanol–water partition coefficient (Wildman–Crippen LogP) is 3.39.